The van der Waals surface area contributed by atoms with Crippen molar-refractivity contribution in [2.24, 2.45) is 0 Å². The van der Waals surface area contributed by atoms with Crippen LogP contribution in [-0.4, -0.2) is 29.7 Å². The number of methoxy groups -OCH3 is 1. The minimum atomic E-state index is -0.596. The molecule has 2 aromatic heterocycles. The van der Waals surface area contributed by atoms with Crippen LogP contribution in [0.2, 0.25) is 0 Å². The highest BCUT2D eigenvalue weighted by Gasteiger charge is 2.23. The molecule has 33 heavy (non-hydrogen) atoms. The summed E-state index contributed by atoms with van der Waals surface area (Å²) in [4.78, 5) is 27.8. The van der Waals surface area contributed by atoms with Gasteiger partial charge in [-0.3, -0.25) is 4.90 Å². The van der Waals surface area contributed by atoms with Gasteiger partial charge in [0.05, 0.1) is 18.2 Å². The first kappa shape index (κ1) is 21.3. The molecule has 1 N–H and O–H groups in total. The van der Waals surface area contributed by atoms with Crippen LogP contribution in [0.4, 0.5) is 0 Å². The molecular weight excluding hydrogens is 422 g/mol. The van der Waals surface area contributed by atoms with Crippen molar-refractivity contribution in [1.29, 1.82) is 0 Å². The molecule has 5 rings (SSSR count). The van der Waals surface area contributed by atoms with E-state index in [1.165, 1.54) is 19.6 Å². The molecule has 1 aliphatic heterocycles. The summed E-state index contributed by atoms with van der Waals surface area (Å²) in [6.07, 6.45) is 3.36. The monoisotopic (exact) mass is 447 g/mol. The van der Waals surface area contributed by atoms with Gasteiger partial charge in [0.25, 0.3) is 0 Å². The van der Waals surface area contributed by atoms with Gasteiger partial charge in [-0.15, -0.1) is 0 Å². The van der Waals surface area contributed by atoms with E-state index in [4.69, 9.17) is 13.6 Å². The average Bonchev–Trinajstić information content (AvgIpc) is 2.81. The quantitative estimate of drug-likeness (QED) is 0.455. The van der Waals surface area contributed by atoms with Gasteiger partial charge >= 0.3 is 11.3 Å². The fourth-order valence-electron chi connectivity index (χ4n) is 4.71. The number of piperidine rings is 1. The highest BCUT2D eigenvalue weighted by molar-refractivity contribution is 5.97. The Morgan fingerprint density at radius 1 is 1.06 bits per heavy atom. The van der Waals surface area contributed by atoms with Gasteiger partial charge in [-0.2, -0.15) is 0 Å². The van der Waals surface area contributed by atoms with Crippen molar-refractivity contribution < 1.29 is 18.7 Å². The van der Waals surface area contributed by atoms with E-state index in [1.807, 2.05) is 6.07 Å². The molecule has 7 nitrogen and oxygen atoms in total. The highest BCUT2D eigenvalue weighted by atomic mass is 16.5. The van der Waals surface area contributed by atoms with Gasteiger partial charge in [0.2, 0.25) is 0 Å². The fraction of sp³-hybridized carbons (Fsp3) is 0.308. The van der Waals surface area contributed by atoms with Crippen molar-refractivity contribution in [1.82, 2.24) is 4.90 Å². The van der Waals surface area contributed by atoms with Crippen LogP contribution < -0.4 is 16.0 Å². The molecule has 0 saturated carbocycles. The van der Waals surface area contributed by atoms with E-state index in [0.29, 0.717) is 51.4 Å². The SMILES string of the molecule is COc1cccc2cc(-c3cc(=O)oc4c(CN5CCCCC5C)c(O)ccc34)c(=O)oc12. The number of para-hydroxylation sites is 1. The topological polar surface area (TPSA) is 93.1 Å². The predicted octanol–water partition coefficient (Wildman–Crippen LogP) is 4.66. The molecule has 1 atom stereocenters. The molecule has 1 unspecified atom stereocenters. The van der Waals surface area contributed by atoms with E-state index >= 15 is 0 Å². The lowest BCUT2D eigenvalue weighted by molar-refractivity contribution is 0.151. The third kappa shape index (κ3) is 3.78. The number of benzene rings is 2. The highest BCUT2D eigenvalue weighted by Crippen LogP contribution is 2.35. The average molecular weight is 447 g/mol. The van der Waals surface area contributed by atoms with Gasteiger partial charge in [-0.1, -0.05) is 18.6 Å². The Bertz CT molecular complexity index is 1470. The van der Waals surface area contributed by atoms with E-state index in [1.54, 1.807) is 30.3 Å². The number of fused-ring (bicyclic) bond motifs is 2. The van der Waals surface area contributed by atoms with Crippen molar-refractivity contribution in [3.05, 3.63) is 68.9 Å². The second kappa shape index (κ2) is 8.41. The third-order valence-electron chi connectivity index (χ3n) is 6.53. The summed E-state index contributed by atoms with van der Waals surface area (Å²) in [5.41, 5.74) is 0.662. The Kier molecular flexibility index (Phi) is 5.42. The fourth-order valence-corrected chi connectivity index (χ4v) is 4.71. The van der Waals surface area contributed by atoms with Gasteiger partial charge in [-0.05, 0) is 50.6 Å². The first-order chi connectivity index (χ1) is 16.0. The Hall–Kier alpha value is -3.58. The van der Waals surface area contributed by atoms with E-state index in [0.717, 1.165) is 19.4 Å². The lowest BCUT2D eigenvalue weighted by Gasteiger charge is -2.33. The molecular formula is C26H25NO6. The van der Waals surface area contributed by atoms with Crippen molar-refractivity contribution in [2.45, 2.75) is 38.8 Å². The Morgan fingerprint density at radius 3 is 2.70 bits per heavy atom. The summed E-state index contributed by atoms with van der Waals surface area (Å²) < 4.78 is 16.5. The Balaban J connectivity index is 1.71. The lowest BCUT2D eigenvalue weighted by Crippen LogP contribution is -2.36. The Morgan fingerprint density at radius 2 is 1.91 bits per heavy atom. The predicted molar refractivity (Wildman–Crippen MR) is 126 cm³/mol. The molecule has 0 bridgehead atoms. The number of hydrogen-bond acceptors (Lipinski definition) is 7. The van der Waals surface area contributed by atoms with Crippen LogP contribution in [0.5, 0.6) is 11.5 Å². The number of rotatable bonds is 4. The molecule has 3 heterocycles. The van der Waals surface area contributed by atoms with E-state index < -0.39 is 11.3 Å². The molecule has 1 fully saturated rings. The zero-order valence-corrected chi connectivity index (χ0v) is 18.6. The summed E-state index contributed by atoms with van der Waals surface area (Å²) in [6, 6.07) is 11.9. The standard InChI is InChI=1S/C26H25NO6/c1-15-6-3-4-11-27(15)14-20-21(28)10-9-17-18(13-23(29)32-25(17)20)19-12-16-7-5-8-22(31-2)24(16)33-26(19)30/h5,7-10,12-13,15,28H,3-4,6,11,14H2,1-2H3. The van der Waals surface area contributed by atoms with Crippen LogP contribution in [0.1, 0.15) is 31.7 Å². The van der Waals surface area contributed by atoms with E-state index in [-0.39, 0.29) is 11.3 Å². The maximum Gasteiger partial charge on any atom is 0.344 e. The van der Waals surface area contributed by atoms with Crippen molar-refractivity contribution in [3.63, 3.8) is 0 Å². The lowest BCUT2D eigenvalue weighted by atomic mass is 9.98. The van der Waals surface area contributed by atoms with Crippen LogP contribution >= 0.6 is 0 Å². The largest absolute Gasteiger partial charge is 0.507 e. The van der Waals surface area contributed by atoms with Gasteiger partial charge < -0.3 is 18.7 Å². The zero-order chi connectivity index (χ0) is 23.1. The van der Waals surface area contributed by atoms with E-state index in [9.17, 15) is 14.7 Å². The maximum absolute atomic E-state index is 13.0. The molecule has 0 amide bonds. The van der Waals surface area contributed by atoms with Crippen LogP contribution in [0, 0.1) is 0 Å². The summed E-state index contributed by atoms with van der Waals surface area (Å²) in [7, 11) is 1.51. The number of ether oxygens (including phenoxy) is 1. The van der Waals surface area contributed by atoms with Crippen LogP contribution in [0.15, 0.2) is 60.9 Å². The smallest absolute Gasteiger partial charge is 0.344 e. The third-order valence-corrected chi connectivity index (χ3v) is 6.53. The van der Waals surface area contributed by atoms with Gasteiger partial charge in [0.15, 0.2) is 11.3 Å². The summed E-state index contributed by atoms with van der Waals surface area (Å²) in [6.45, 7) is 3.54. The summed E-state index contributed by atoms with van der Waals surface area (Å²) >= 11 is 0. The second-order valence-electron chi connectivity index (χ2n) is 8.56. The van der Waals surface area contributed by atoms with Crippen LogP contribution in [0.3, 0.4) is 0 Å². The number of aromatic hydroxyl groups is 1. The number of phenols is 1. The minimum absolute atomic E-state index is 0.0656. The normalized spacial score (nSPS) is 17.0. The number of phenolic OH excluding ortho intramolecular Hbond substituents is 1. The zero-order valence-electron chi connectivity index (χ0n) is 18.6. The molecule has 1 saturated heterocycles. The molecule has 0 radical (unpaired) electrons. The van der Waals surface area contributed by atoms with E-state index in [2.05, 4.69) is 11.8 Å². The molecule has 0 spiro atoms. The second-order valence-corrected chi connectivity index (χ2v) is 8.56. The molecule has 1 aliphatic rings. The van der Waals surface area contributed by atoms with Crippen molar-refractivity contribution >= 4 is 21.9 Å². The van der Waals surface area contributed by atoms with Crippen molar-refractivity contribution in [2.75, 3.05) is 13.7 Å². The van der Waals surface area contributed by atoms with Gasteiger partial charge in [0.1, 0.15) is 11.3 Å². The van der Waals surface area contributed by atoms with Crippen LogP contribution in [-0.2, 0) is 6.54 Å². The molecule has 170 valence electrons. The van der Waals surface area contributed by atoms with Gasteiger partial charge in [-0.25, -0.2) is 9.59 Å². The first-order valence-electron chi connectivity index (χ1n) is 11.1. The Labute approximate surface area is 189 Å². The van der Waals surface area contributed by atoms with Gasteiger partial charge in [0, 0.05) is 35.0 Å². The number of likely N-dealkylation sites (tertiary alicyclic amines) is 1. The minimum Gasteiger partial charge on any atom is -0.507 e. The summed E-state index contributed by atoms with van der Waals surface area (Å²) in [5, 5.41) is 11.9. The summed E-state index contributed by atoms with van der Waals surface area (Å²) in [5.74, 6) is 0.521. The molecule has 0 aliphatic carbocycles. The van der Waals surface area contributed by atoms with Crippen LogP contribution in [0.25, 0.3) is 33.1 Å². The van der Waals surface area contributed by atoms with Crippen molar-refractivity contribution in [3.8, 4) is 22.6 Å². The molecule has 7 heteroatoms. The maximum atomic E-state index is 13.0. The first-order valence-corrected chi connectivity index (χ1v) is 11.1. The number of nitrogens with zero attached hydrogens (tertiary/aromatic N) is 1. The molecule has 4 aromatic rings. The molecule has 2 aromatic carbocycles. The number of hydrogen-bond donors (Lipinski definition) is 1.